The van der Waals surface area contributed by atoms with Crippen molar-refractivity contribution in [1.82, 2.24) is 24.6 Å². The first-order chi connectivity index (χ1) is 21.9. The Morgan fingerprint density at radius 3 is 2.16 bits per heavy atom. The molecule has 3 atom stereocenters. The summed E-state index contributed by atoms with van der Waals surface area (Å²) in [5.41, 5.74) is 2.25. The zero-order valence-electron chi connectivity index (χ0n) is 25.6. The third kappa shape index (κ3) is 5.97. The maximum Gasteiger partial charge on any atom is 0.167 e. The van der Waals surface area contributed by atoms with E-state index >= 15 is 0 Å². The van der Waals surface area contributed by atoms with Crippen LogP contribution in [0, 0.1) is 0 Å². The number of hydrogen-bond acceptors (Lipinski definition) is 9. The van der Waals surface area contributed by atoms with E-state index in [0.29, 0.717) is 23.3 Å². The van der Waals surface area contributed by atoms with Crippen LogP contribution in [0.5, 0.6) is 11.5 Å². The molecule has 232 valence electrons. The van der Waals surface area contributed by atoms with Crippen LogP contribution in [0.2, 0.25) is 0 Å². The summed E-state index contributed by atoms with van der Waals surface area (Å²) < 4.78 is 26.0. The van der Waals surface area contributed by atoms with Gasteiger partial charge in [-0.2, -0.15) is 5.10 Å². The first kappa shape index (κ1) is 30.2. The standard InChI is InChI=1S/C34H36N6O5/c1-39(2)22-37-32-28-19-38-40(33(28)36-21-35-32)31-18-29(41)30(45-31)20-44-34(23-8-6-5-7-9-23,24-10-14-26(42-3)15-11-24)25-12-16-27(43-4)17-13-25/h5-17,19,21-22,29-31,41H,18,20H2,1-4H3/b37-22+/t29?,30-,31-/m1/s1. The Balaban J connectivity index is 1.33. The van der Waals surface area contributed by atoms with Crippen LogP contribution in [0.1, 0.15) is 29.3 Å². The Bertz CT molecular complexity index is 1690. The van der Waals surface area contributed by atoms with E-state index in [9.17, 15) is 5.11 Å². The number of aliphatic hydroxyl groups excluding tert-OH is 1. The smallest absolute Gasteiger partial charge is 0.167 e. The Morgan fingerprint density at radius 2 is 1.56 bits per heavy atom. The Labute approximate surface area is 261 Å². The van der Waals surface area contributed by atoms with Gasteiger partial charge in [0.25, 0.3) is 0 Å². The van der Waals surface area contributed by atoms with E-state index in [-0.39, 0.29) is 6.61 Å². The number of benzene rings is 3. The number of aliphatic imine (C=N–C) groups is 1. The number of aliphatic hydroxyl groups is 1. The largest absolute Gasteiger partial charge is 0.497 e. The molecule has 0 aliphatic carbocycles. The number of fused-ring (bicyclic) bond motifs is 1. The van der Waals surface area contributed by atoms with Crippen molar-refractivity contribution in [2.75, 3.05) is 34.9 Å². The fourth-order valence-electron chi connectivity index (χ4n) is 5.63. The topological polar surface area (TPSA) is 116 Å². The average molecular weight is 609 g/mol. The maximum atomic E-state index is 11.2. The average Bonchev–Trinajstić information content (AvgIpc) is 3.68. The molecule has 0 bridgehead atoms. The Morgan fingerprint density at radius 1 is 0.933 bits per heavy atom. The normalized spacial score (nSPS) is 18.5. The lowest BCUT2D eigenvalue weighted by Gasteiger charge is -2.37. The van der Waals surface area contributed by atoms with Gasteiger partial charge in [-0.05, 0) is 41.0 Å². The first-order valence-corrected chi connectivity index (χ1v) is 14.6. The van der Waals surface area contributed by atoms with Gasteiger partial charge in [-0.3, -0.25) is 0 Å². The van der Waals surface area contributed by atoms with Gasteiger partial charge >= 0.3 is 0 Å². The SMILES string of the molecule is COc1ccc(C(OC[C@H]2O[C@@H](n3ncc4c(/N=C/N(C)C)ncnc43)CC2O)(c2ccccc2)c2ccc(OC)cc2)cc1. The van der Waals surface area contributed by atoms with Crippen LogP contribution >= 0.6 is 0 Å². The summed E-state index contributed by atoms with van der Waals surface area (Å²) in [7, 11) is 7.05. The van der Waals surface area contributed by atoms with Crippen LogP contribution in [0.25, 0.3) is 11.0 Å². The summed E-state index contributed by atoms with van der Waals surface area (Å²) in [4.78, 5) is 15.0. The highest BCUT2D eigenvalue weighted by Gasteiger charge is 2.42. The van der Waals surface area contributed by atoms with Crippen molar-refractivity contribution in [1.29, 1.82) is 0 Å². The molecular weight excluding hydrogens is 572 g/mol. The fourth-order valence-corrected chi connectivity index (χ4v) is 5.63. The molecular formula is C34H36N6O5. The van der Waals surface area contributed by atoms with Crippen molar-refractivity contribution in [3.63, 3.8) is 0 Å². The van der Waals surface area contributed by atoms with E-state index in [4.69, 9.17) is 18.9 Å². The van der Waals surface area contributed by atoms with Gasteiger partial charge in [-0.15, -0.1) is 0 Å². The summed E-state index contributed by atoms with van der Waals surface area (Å²) in [6.07, 6.45) is 3.11. The summed E-state index contributed by atoms with van der Waals surface area (Å²) in [5, 5.41) is 16.5. The molecule has 11 heteroatoms. The molecule has 0 saturated carbocycles. The zero-order chi connectivity index (χ0) is 31.4. The lowest BCUT2D eigenvalue weighted by molar-refractivity contribution is -0.0949. The van der Waals surface area contributed by atoms with E-state index in [1.54, 1.807) is 31.4 Å². The van der Waals surface area contributed by atoms with Gasteiger partial charge in [0.15, 0.2) is 17.7 Å². The summed E-state index contributed by atoms with van der Waals surface area (Å²) in [6, 6.07) is 25.7. The quantitative estimate of drug-likeness (QED) is 0.129. The molecule has 1 saturated heterocycles. The van der Waals surface area contributed by atoms with E-state index in [1.807, 2.05) is 97.9 Å². The van der Waals surface area contributed by atoms with Crippen molar-refractivity contribution >= 4 is 23.2 Å². The Kier molecular flexibility index (Phi) is 8.74. The molecule has 3 heterocycles. The van der Waals surface area contributed by atoms with Gasteiger partial charge in [-0.1, -0.05) is 54.6 Å². The molecule has 1 aliphatic rings. The third-order valence-electron chi connectivity index (χ3n) is 7.90. The molecule has 2 aromatic heterocycles. The minimum absolute atomic E-state index is 0.0944. The highest BCUT2D eigenvalue weighted by molar-refractivity contribution is 5.86. The lowest BCUT2D eigenvalue weighted by Crippen LogP contribution is -2.38. The van der Waals surface area contributed by atoms with Crippen molar-refractivity contribution in [3.8, 4) is 11.5 Å². The number of aromatic nitrogens is 4. The fraction of sp³-hybridized carbons (Fsp3) is 0.294. The molecule has 3 aromatic carbocycles. The lowest BCUT2D eigenvalue weighted by atomic mass is 9.80. The molecule has 1 fully saturated rings. The second-order valence-corrected chi connectivity index (χ2v) is 11.0. The van der Waals surface area contributed by atoms with Crippen molar-refractivity contribution in [3.05, 3.63) is 108 Å². The monoisotopic (exact) mass is 608 g/mol. The zero-order valence-corrected chi connectivity index (χ0v) is 25.6. The number of ether oxygens (including phenoxy) is 4. The van der Waals surface area contributed by atoms with Crippen LogP contribution in [0.4, 0.5) is 5.82 Å². The predicted molar refractivity (Wildman–Crippen MR) is 170 cm³/mol. The minimum atomic E-state index is -1.04. The number of rotatable bonds is 11. The van der Waals surface area contributed by atoms with Crippen LogP contribution in [-0.2, 0) is 15.1 Å². The molecule has 1 unspecified atom stereocenters. The molecule has 0 spiro atoms. The number of hydrogen-bond donors (Lipinski definition) is 1. The van der Waals surface area contributed by atoms with Gasteiger partial charge in [0.2, 0.25) is 0 Å². The van der Waals surface area contributed by atoms with Gasteiger partial charge in [-0.25, -0.2) is 19.6 Å². The summed E-state index contributed by atoms with van der Waals surface area (Å²) in [5.74, 6) is 1.97. The summed E-state index contributed by atoms with van der Waals surface area (Å²) in [6.45, 7) is 0.0944. The third-order valence-corrected chi connectivity index (χ3v) is 7.90. The highest BCUT2D eigenvalue weighted by Crippen LogP contribution is 2.43. The van der Waals surface area contributed by atoms with E-state index in [2.05, 4.69) is 20.1 Å². The molecule has 0 radical (unpaired) electrons. The van der Waals surface area contributed by atoms with Crippen LogP contribution < -0.4 is 9.47 Å². The van der Waals surface area contributed by atoms with Crippen LogP contribution in [-0.4, -0.2) is 83.2 Å². The van der Waals surface area contributed by atoms with Crippen LogP contribution in [0.3, 0.4) is 0 Å². The number of methoxy groups -OCH3 is 2. The van der Waals surface area contributed by atoms with Crippen LogP contribution in [0.15, 0.2) is 96.4 Å². The molecule has 5 aromatic rings. The highest BCUT2D eigenvalue weighted by atomic mass is 16.6. The molecule has 1 aliphatic heterocycles. The molecule has 0 amide bonds. The maximum absolute atomic E-state index is 11.2. The number of nitrogens with zero attached hydrogens (tertiary/aromatic N) is 6. The molecule has 45 heavy (non-hydrogen) atoms. The predicted octanol–water partition coefficient (Wildman–Crippen LogP) is 4.72. The van der Waals surface area contributed by atoms with E-state index in [1.165, 1.54) is 6.33 Å². The van der Waals surface area contributed by atoms with Gasteiger partial charge < -0.3 is 29.0 Å². The van der Waals surface area contributed by atoms with Gasteiger partial charge in [0.1, 0.15) is 29.5 Å². The minimum Gasteiger partial charge on any atom is -0.497 e. The van der Waals surface area contributed by atoms with Gasteiger partial charge in [0.05, 0.1) is 44.9 Å². The van der Waals surface area contributed by atoms with E-state index in [0.717, 1.165) is 28.2 Å². The van der Waals surface area contributed by atoms with Crippen molar-refractivity contribution < 1.29 is 24.1 Å². The first-order valence-electron chi connectivity index (χ1n) is 14.6. The molecule has 6 rings (SSSR count). The van der Waals surface area contributed by atoms with E-state index < -0.39 is 24.0 Å². The second-order valence-electron chi connectivity index (χ2n) is 11.0. The van der Waals surface area contributed by atoms with Crippen molar-refractivity contribution in [2.45, 2.75) is 30.5 Å². The second kappa shape index (κ2) is 13.0. The van der Waals surface area contributed by atoms with Gasteiger partial charge in [0, 0.05) is 20.5 Å². The molecule has 1 N–H and O–H groups in total. The summed E-state index contributed by atoms with van der Waals surface area (Å²) >= 11 is 0. The molecule has 11 nitrogen and oxygen atoms in total. The Hall–Kier alpha value is -4.84. The van der Waals surface area contributed by atoms with Crippen molar-refractivity contribution in [2.24, 2.45) is 4.99 Å².